The molecular weight excluding hydrogens is 913 g/mol. The fourth-order valence-corrected chi connectivity index (χ4v) is 10.4. The molecule has 0 aromatic heterocycles. The van der Waals surface area contributed by atoms with E-state index in [2.05, 4.69) is 32.9 Å². The molecule has 6 nitrogen and oxygen atoms in total. The van der Waals surface area contributed by atoms with Crippen LogP contribution in [0.1, 0.15) is 387 Å². The second-order valence-corrected chi connectivity index (χ2v) is 23.1. The maximum atomic E-state index is 12.8. The summed E-state index contributed by atoms with van der Waals surface area (Å²) in [7, 11) is 0. The molecule has 74 heavy (non-hydrogen) atoms. The van der Waals surface area contributed by atoms with Gasteiger partial charge in [0.05, 0.1) is 0 Å². The lowest BCUT2D eigenvalue weighted by molar-refractivity contribution is -0.167. The highest BCUT2D eigenvalue weighted by atomic mass is 16.6. The standard InChI is InChI=1S/C68H130O6/c1-4-7-10-13-16-18-20-22-24-26-28-29-30-31-32-33-34-35-36-37-38-39-40-42-43-45-47-49-52-55-58-61-67(70)73-64-65(63-72-66(69)60-57-54-51-15-12-9-6-3)74-68(71)62-59-56-53-50-48-46-44-41-27-25-23-21-19-17-14-11-8-5-2/h25,27,65H,4-24,26,28-64H2,1-3H3/b27-25-. The first kappa shape index (κ1) is 72.2. The Bertz CT molecular complexity index is 1150. The molecule has 1 unspecified atom stereocenters. The van der Waals surface area contributed by atoms with E-state index in [-0.39, 0.29) is 31.1 Å². The number of hydrogen-bond donors (Lipinski definition) is 0. The van der Waals surface area contributed by atoms with Crippen molar-refractivity contribution in [1.82, 2.24) is 0 Å². The van der Waals surface area contributed by atoms with E-state index in [0.29, 0.717) is 19.3 Å². The summed E-state index contributed by atoms with van der Waals surface area (Å²) in [5, 5.41) is 0. The Morgan fingerprint density at radius 2 is 0.446 bits per heavy atom. The molecule has 0 radical (unpaired) electrons. The largest absolute Gasteiger partial charge is 0.462 e. The van der Waals surface area contributed by atoms with E-state index in [0.717, 1.165) is 57.8 Å². The molecule has 0 N–H and O–H groups in total. The third kappa shape index (κ3) is 61.0. The summed E-state index contributed by atoms with van der Waals surface area (Å²) >= 11 is 0. The Labute approximate surface area is 462 Å². The van der Waals surface area contributed by atoms with Crippen LogP contribution in [0.15, 0.2) is 12.2 Å². The van der Waals surface area contributed by atoms with Crippen LogP contribution in [0, 0.1) is 0 Å². The third-order valence-electron chi connectivity index (χ3n) is 15.5. The quantitative estimate of drug-likeness (QED) is 0.0261. The maximum Gasteiger partial charge on any atom is 0.306 e. The number of allylic oxidation sites excluding steroid dienone is 2. The highest BCUT2D eigenvalue weighted by Gasteiger charge is 2.19. The first-order valence-electron chi connectivity index (χ1n) is 33.7. The molecule has 0 aromatic rings. The van der Waals surface area contributed by atoms with Gasteiger partial charge in [0.2, 0.25) is 0 Å². The van der Waals surface area contributed by atoms with Gasteiger partial charge < -0.3 is 14.2 Å². The summed E-state index contributed by atoms with van der Waals surface area (Å²) < 4.78 is 16.9. The predicted octanol–water partition coefficient (Wildman–Crippen LogP) is 22.8. The van der Waals surface area contributed by atoms with E-state index in [4.69, 9.17) is 14.2 Å². The zero-order valence-corrected chi connectivity index (χ0v) is 50.4. The van der Waals surface area contributed by atoms with Crippen molar-refractivity contribution in [3.05, 3.63) is 12.2 Å². The van der Waals surface area contributed by atoms with Crippen LogP contribution in [-0.2, 0) is 28.6 Å². The zero-order chi connectivity index (χ0) is 53.6. The average Bonchev–Trinajstić information content (AvgIpc) is 3.40. The Hall–Kier alpha value is -1.85. The van der Waals surface area contributed by atoms with Crippen LogP contribution in [0.5, 0.6) is 0 Å². The van der Waals surface area contributed by atoms with Crippen molar-refractivity contribution in [2.24, 2.45) is 0 Å². The van der Waals surface area contributed by atoms with Crippen LogP contribution in [0.4, 0.5) is 0 Å². The lowest BCUT2D eigenvalue weighted by Gasteiger charge is -2.18. The molecule has 438 valence electrons. The van der Waals surface area contributed by atoms with Crippen LogP contribution in [0.2, 0.25) is 0 Å². The van der Waals surface area contributed by atoms with E-state index < -0.39 is 6.10 Å². The van der Waals surface area contributed by atoms with Crippen molar-refractivity contribution in [2.75, 3.05) is 13.2 Å². The number of hydrogen-bond acceptors (Lipinski definition) is 6. The second-order valence-electron chi connectivity index (χ2n) is 23.1. The molecule has 0 heterocycles. The number of rotatable bonds is 63. The molecular formula is C68H130O6. The molecule has 0 saturated heterocycles. The minimum absolute atomic E-state index is 0.0663. The molecule has 0 fully saturated rings. The van der Waals surface area contributed by atoms with Gasteiger partial charge >= 0.3 is 17.9 Å². The molecule has 0 amide bonds. The molecule has 6 heteroatoms. The minimum Gasteiger partial charge on any atom is -0.462 e. The minimum atomic E-state index is -0.766. The summed E-state index contributed by atoms with van der Waals surface area (Å²) in [5.41, 5.74) is 0. The van der Waals surface area contributed by atoms with Gasteiger partial charge in [-0.1, -0.05) is 335 Å². The highest BCUT2D eigenvalue weighted by Crippen LogP contribution is 2.19. The molecule has 0 aliphatic rings. The van der Waals surface area contributed by atoms with Crippen LogP contribution in [0.25, 0.3) is 0 Å². The zero-order valence-electron chi connectivity index (χ0n) is 50.4. The van der Waals surface area contributed by atoms with Gasteiger partial charge in [0.15, 0.2) is 6.10 Å². The number of esters is 3. The molecule has 0 aromatic carbocycles. The summed E-state index contributed by atoms with van der Waals surface area (Å²) in [6, 6.07) is 0. The van der Waals surface area contributed by atoms with Crippen molar-refractivity contribution < 1.29 is 28.6 Å². The van der Waals surface area contributed by atoms with Gasteiger partial charge in [0, 0.05) is 19.3 Å². The summed E-state index contributed by atoms with van der Waals surface area (Å²) in [5.74, 6) is -0.851. The Balaban J connectivity index is 3.97. The first-order valence-corrected chi connectivity index (χ1v) is 33.7. The van der Waals surface area contributed by atoms with Gasteiger partial charge in [-0.05, 0) is 44.9 Å². The smallest absolute Gasteiger partial charge is 0.306 e. The molecule has 1 atom stereocenters. The van der Waals surface area contributed by atoms with Crippen molar-refractivity contribution in [3.63, 3.8) is 0 Å². The van der Waals surface area contributed by atoms with E-state index in [9.17, 15) is 14.4 Å². The van der Waals surface area contributed by atoms with E-state index >= 15 is 0 Å². The SMILES string of the molecule is CCCCCCCCC/C=C\CCCCCCCCCC(=O)OC(COC(=O)CCCCCCCCC)COC(=O)CCCCCCCCCCCCCCCCCCCCCCCCCCCCCCCCC. The molecule has 0 rings (SSSR count). The van der Waals surface area contributed by atoms with Crippen molar-refractivity contribution in [3.8, 4) is 0 Å². The fraction of sp³-hybridized carbons (Fsp3) is 0.926. The topological polar surface area (TPSA) is 78.9 Å². The average molecular weight is 1040 g/mol. The van der Waals surface area contributed by atoms with Crippen molar-refractivity contribution in [2.45, 2.75) is 393 Å². The molecule has 0 saturated carbocycles. The van der Waals surface area contributed by atoms with Crippen LogP contribution in [-0.4, -0.2) is 37.2 Å². The number of ether oxygens (including phenoxy) is 3. The predicted molar refractivity (Wildman–Crippen MR) is 321 cm³/mol. The number of carbonyl (C=O) groups is 3. The monoisotopic (exact) mass is 1040 g/mol. The van der Waals surface area contributed by atoms with Crippen LogP contribution < -0.4 is 0 Å². The van der Waals surface area contributed by atoms with E-state index in [1.165, 1.54) is 289 Å². The van der Waals surface area contributed by atoms with Gasteiger partial charge in [0.1, 0.15) is 13.2 Å². The summed E-state index contributed by atoms with van der Waals surface area (Å²) in [4.78, 5) is 38.1. The molecule has 0 aliphatic heterocycles. The Morgan fingerprint density at radius 1 is 0.257 bits per heavy atom. The van der Waals surface area contributed by atoms with Crippen molar-refractivity contribution in [1.29, 1.82) is 0 Å². The lowest BCUT2D eigenvalue weighted by Crippen LogP contribution is -2.30. The van der Waals surface area contributed by atoms with E-state index in [1.807, 2.05) is 0 Å². The highest BCUT2D eigenvalue weighted by molar-refractivity contribution is 5.71. The number of unbranched alkanes of at least 4 members (excludes halogenated alkanes) is 50. The van der Waals surface area contributed by atoms with Crippen LogP contribution >= 0.6 is 0 Å². The first-order chi connectivity index (χ1) is 36.5. The Morgan fingerprint density at radius 3 is 0.676 bits per heavy atom. The van der Waals surface area contributed by atoms with E-state index in [1.54, 1.807) is 0 Å². The summed E-state index contributed by atoms with van der Waals surface area (Å²) in [6.07, 6.45) is 75.6. The van der Waals surface area contributed by atoms with Crippen molar-refractivity contribution >= 4 is 17.9 Å². The Kier molecular flexibility index (Phi) is 62.1. The van der Waals surface area contributed by atoms with Gasteiger partial charge in [0.25, 0.3) is 0 Å². The number of carbonyl (C=O) groups excluding carboxylic acids is 3. The van der Waals surface area contributed by atoms with Gasteiger partial charge in [-0.25, -0.2) is 0 Å². The second kappa shape index (κ2) is 63.7. The molecule has 0 aliphatic carbocycles. The molecule has 0 bridgehead atoms. The van der Waals surface area contributed by atoms with Gasteiger partial charge in [-0.15, -0.1) is 0 Å². The van der Waals surface area contributed by atoms with Gasteiger partial charge in [-0.3, -0.25) is 14.4 Å². The van der Waals surface area contributed by atoms with Crippen LogP contribution in [0.3, 0.4) is 0 Å². The lowest BCUT2D eigenvalue weighted by atomic mass is 10.0. The van der Waals surface area contributed by atoms with Gasteiger partial charge in [-0.2, -0.15) is 0 Å². The normalized spacial score (nSPS) is 12.0. The fourth-order valence-electron chi connectivity index (χ4n) is 10.4. The third-order valence-corrected chi connectivity index (χ3v) is 15.5. The molecule has 0 spiro atoms. The summed E-state index contributed by atoms with van der Waals surface area (Å²) in [6.45, 7) is 6.66. The maximum absolute atomic E-state index is 12.8.